The average Bonchev–Trinajstić information content (AvgIpc) is 3.31. The van der Waals surface area contributed by atoms with Gasteiger partial charge < -0.3 is 9.42 Å². The maximum absolute atomic E-state index is 12.8. The molecule has 3 aromatic rings. The first-order chi connectivity index (χ1) is 12.2. The number of rotatable bonds is 3. The van der Waals surface area contributed by atoms with Crippen LogP contribution in [0, 0.1) is 6.92 Å². The fourth-order valence-corrected chi connectivity index (χ4v) is 3.21. The highest BCUT2D eigenvalue weighted by Crippen LogP contribution is 2.26. The number of nitrogens with zero attached hydrogens (tertiary/aromatic N) is 4. The molecule has 0 aliphatic carbocycles. The van der Waals surface area contributed by atoms with Crippen LogP contribution in [-0.4, -0.2) is 44.2 Å². The summed E-state index contributed by atoms with van der Waals surface area (Å²) in [6, 6.07) is 11.6. The van der Waals surface area contributed by atoms with Crippen molar-refractivity contribution in [3.05, 3.63) is 53.8 Å². The molecule has 1 amide bonds. The normalized spacial score (nSPS) is 17.6. The van der Waals surface area contributed by atoms with Crippen molar-refractivity contribution < 1.29 is 9.32 Å². The number of carbonyl (C=O) groups excluding carboxylic acids is 1. The molecule has 3 heterocycles. The Morgan fingerprint density at radius 1 is 1.32 bits per heavy atom. The highest BCUT2D eigenvalue weighted by molar-refractivity contribution is 5.93. The van der Waals surface area contributed by atoms with E-state index in [2.05, 4.69) is 20.3 Å². The minimum Gasteiger partial charge on any atom is -0.340 e. The Morgan fingerprint density at radius 3 is 2.92 bits per heavy atom. The summed E-state index contributed by atoms with van der Waals surface area (Å²) >= 11 is 0. The van der Waals surface area contributed by atoms with Gasteiger partial charge in [0.15, 0.2) is 5.82 Å². The predicted octanol–water partition coefficient (Wildman–Crippen LogP) is 2.79. The smallest absolute Gasteiger partial charge is 0.271 e. The molecule has 7 nitrogen and oxygen atoms in total. The summed E-state index contributed by atoms with van der Waals surface area (Å²) in [5.74, 6) is 1.32. The zero-order valence-electron chi connectivity index (χ0n) is 14.0. The molecule has 4 rings (SSSR count). The molecule has 0 saturated carbocycles. The van der Waals surface area contributed by atoms with E-state index < -0.39 is 0 Å². The van der Waals surface area contributed by atoms with Crippen LogP contribution in [0.2, 0.25) is 0 Å². The Kier molecular flexibility index (Phi) is 4.05. The number of aromatic nitrogens is 4. The van der Waals surface area contributed by atoms with E-state index in [9.17, 15) is 4.79 Å². The molecule has 1 aromatic carbocycles. The lowest BCUT2D eigenvalue weighted by molar-refractivity contribution is 0.0697. The Hall–Kier alpha value is -2.96. The standard InChI is InChI=1S/C18H19N5O2/c1-12-19-17(22-25-12)14-8-5-9-23(11-14)18(24)16-10-15(20-21-16)13-6-3-2-4-7-13/h2-4,6-7,10,14H,5,8-9,11H2,1H3,(H,20,21). The zero-order valence-corrected chi connectivity index (χ0v) is 14.0. The van der Waals surface area contributed by atoms with Gasteiger partial charge in [0.2, 0.25) is 5.89 Å². The fourth-order valence-electron chi connectivity index (χ4n) is 3.21. The third-order valence-electron chi connectivity index (χ3n) is 4.49. The van der Waals surface area contributed by atoms with Crippen molar-refractivity contribution in [3.8, 4) is 11.3 Å². The summed E-state index contributed by atoms with van der Waals surface area (Å²) in [6.07, 6.45) is 1.88. The van der Waals surface area contributed by atoms with E-state index in [1.165, 1.54) is 0 Å². The van der Waals surface area contributed by atoms with Crippen LogP contribution in [0.1, 0.15) is 41.0 Å². The van der Waals surface area contributed by atoms with E-state index in [-0.39, 0.29) is 11.8 Å². The summed E-state index contributed by atoms with van der Waals surface area (Å²) in [7, 11) is 0. The number of amides is 1. The number of carbonyl (C=O) groups is 1. The molecule has 1 aliphatic rings. The van der Waals surface area contributed by atoms with Crippen molar-refractivity contribution in [3.63, 3.8) is 0 Å². The first-order valence-electron chi connectivity index (χ1n) is 8.41. The van der Waals surface area contributed by atoms with Gasteiger partial charge in [0.05, 0.1) is 5.69 Å². The van der Waals surface area contributed by atoms with Crippen LogP contribution in [-0.2, 0) is 0 Å². The number of piperidine rings is 1. The second-order valence-corrected chi connectivity index (χ2v) is 6.29. The van der Waals surface area contributed by atoms with Gasteiger partial charge in [0, 0.05) is 31.5 Å². The van der Waals surface area contributed by atoms with Crippen LogP contribution in [0.3, 0.4) is 0 Å². The molecule has 1 atom stereocenters. The molecule has 0 radical (unpaired) electrons. The molecule has 1 aliphatic heterocycles. The van der Waals surface area contributed by atoms with E-state index in [0.717, 1.165) is 30.6 Å². The first-order valence-corrected chi connectivity index (χ1v) is 8.41. The summed E-state index contributed by atoms with van der Waals surface area (Å²) in [4.78, 5) is 19.0. The lowest BCUT2D eigenvalue weighted by atomic mass is 9.97. The molecular weight excluding hydrogens is 318 g/mol. The second-order valence-electron chi connectivity index (χ2n) is 6.29. The topological polar surface area (TPSA) is 87.9 Å². The second kappa shape index (κ2) is 6.51. The molecule has 1 saturated heterocycles. The lowest BCUT2D eigenvalue weighted by Gasteiger charge is -2.30. The van der Waals surface area contributed by atoms with Crippen molar-refractivity contribution in [2.24, 2.45) is 0 Å². The van der Waals surface area contributed by atoms with Crippen molar-refractivity contribution in [1.29, 1.82) is 0 Å². The van der Waals surface area contributed by atoms with E-state index in [0.29, 0.717) is 24.0 Å². The number of likely N-dealkylation sites (tertiary alicyclic amines) is 1. The van der Waals surface area contributed by atoms with Gasteiger partial charge in [-0.3, -0.25) is 9.89 Å². The van der Waals surface area contributed by atoms with Crippen LogP contribution in [0.15, 0.2) is 40.9 Å². The number of benzene rings is 1. The largest absolute Gasteiger partial charge is 0.340 e. The molecule has 0 bridgehead atoms. The van der Waals surface area contributed by atoms with Gasteiger partial charge in [-0.15, -0.1) is 0 Å². The van der Waals surface area contributed by atoms with Crippen molar-refractivity contribution in [2.75, 3.05) is 13.1 Å². The quantitative estimate of drug-likeness (QED) is 0.794. The number of hydrogen-bond acceptors (Lipinski definition) is 5. The van der Waals surface area contributed by atoms with Crippen LogP contribution in [0.5, 0.6) is 0 Å². The molecule has 25 heavy (non-hydrogen) atoms. The Balaban J connectivity index is 1.50. The van der Waals surface area contributed by atoms with Crippen LogP contribution < -0.4 is 0 Å². The lowest BCUT2D eigenvalue weighted by Crippen LogP contribution is -2.39. The fraction of sp³-hybridized carbons (Fsp3) is 0.333. The maximum atomic E-state index is 12.8. The van der Waals surface area contributed by atoms with Gasteiger partial charge in [0.1, 0.15) is 5.69 Å². The van der Waals surface area contributed by atoms with Gasteiger partial charge >= 0.3 is 0 Å². The molecule has 7 heteroatoms. The van der Waals surface area contributed by atoms with Gasteiger partial charge in [-0.25, -0.2) is 0 Å². The zero-order chi connectivity index (χ0) is 17.2. The molecule has 1 fully saturated rings. The minimum atomic E-state index is -0.0420. The SMILES string of the molecule is Cc1nc(C2CCCN(C(=O)c3cc(-c4ccccc4)n[nH]3)C2)no1. The molecule has 128 valence electrons. The Bertz CT molecular complexity index is 870. The number of hydrogen-bond donors (Lipinski definition) is 1. The first kappa shape index (κ1) is 15.6. The van der Waals surface area contributed by atoms with E-state index in [1.807, 2.05) is 35.2 Å². The van der Waals surface area contributed by atoms with Crippen molar-refractivity contribution in [2.45, 2.75) is 25.7 Å². The van der Waals surface area contributed by atoms with Crippen LogP contribution in [0.25, 0.3) is 11.3 Å². The Labute approximate surface area is 145 Å². The molecule has 2 aromatic heterocycles. The number of nitrogens with one attached hydrogen (secondary N) is 1. The maximum Gasteiger partial charge on any atom is 0.271 e. The summed E-state index contributed by atoms with van der Waals surface area (Å²) in [6.45, 7) is 3.10. The third-order valence-corrected chi connectivity index (χ3v) is 4.49. The number of aryl methyl sites for hydroxylation is 1. The summed E-state index contributed by atoms with van der Waals surface area (Å²) < 4.78 is 5.07. The van der Waals surface area contributed by atoms with Crippen LogP contribution >= 0.6 is 0 Å². The van der Waals surface area contributed by atoms with Gasteiger partial charge in [-0.05, 0) is 18.9 Å². The number of aromatic amines is 1. The predicted molar refractivity (Wildman–Crippen MR) is 90.9 cm³/mol. The highest BCUT2D eigenvalue weighted by atomic mass is 16.5. The monoisotopic (exact) mass is 337 g/mol. The summed E-state index contributed by atoms with van der Waals surface area (Å²) in [5, 5.41) is 11.1. The average molecular weight is 337 g/mol. The molecular formula is C18H19N5O2. The van der Waals surface area contributed by atoms with Crippen LogP contribution in [0.4, 0.5) is 0 Å². The third kappa shape index (κ3) is 3.17. The highest BCUT2D eigenvalue weighted by Gasteiger charge is 2.29. The molecule has 0 spiro atoms. The molecule has 1 N–H and O–H groups in total. The van der Waals surface area contributed by atoms with Crippen molar-refractivity contribution in [1.82, 2.24) is 25.2 Å². The van der Waals surface area contributed by atoms with Gasteiger partial charge in [-0.2, -0.15) is 10.1 Å². The van der Waals surface area contributed by atoms with E-state index >= 15 is 0 Å². The van der Waals surface area contributed by atoms with E-state index in [1.54, 1.807) is 13.0 Å². The molecule has 1 unspecified atom stereocenters. The van der Waals surface area contributed by atoms with Gasteiger partial charge in [-0.1, -0.05) is 35.5 Å². The number of H-pyrrole nitrogens is 1. The van der Waals surface area contributed by atoms with Crippen molar-refractivity contribution >= 4 is 5.91 Å². The minimum absolute atomic E-state index is 0.0420. The van der Waals surface area contributed by atoms with Gasteiger partial charge in [0.25, 0.3) is 5.91 Å². The van der Waals surface area contributed by atoms with E-state index in [4.69, 9.17) is 4.52 Å². The Morgan fingerprint density at radius 2 is 2.16 bits per heavy atom. The summed E-state index contributed by atoms with van der Waals surface area (Å²) in [5.41, 5.74) is 2.26.